The number of nitrogens with one attached hydrogen (secondary N) is 1. The molecule has 0 saturated carbocycles. The normalized spacial score (nSPS) is 17.5. The van der Waals surface area contributed by atoms with E-state index in [1.807, 2.05) is 6.07 Å². The molecule has 0 atom stereocenters. The third kappa shape index (κ3) is 5.30. The Labute approximate surface area is 203 Å². The molecule has 2 aromatic heterocycles. The minimum Gasteiger partial charge on any atom is -0.452 e. The number of pyridine rings is 1. The van der Waals surface area contributed by atoms with Crippen LogP contribution in [0.25, 0.3) is 11.2 Å². The maximum atomic E-state index is 12.9. The van der Waals surface area contributed by atoms with E-state index in [9.17, 15) is 29.0 Å². The summed E-state index contributed by atoms with van der Waals surface area (Å²) in [6.07, 6.45) is 2.75. The summed E-state index contributed by atoms with van der Waals surface area (Å²) in [4.78, 5) is 35.7. The lowest BCUT2D eigenvalue weighted by Crippen LogP contribution is -2.38. The first-order chi connectivity index (χ1) is 16.4. The first-order valence-corrected chi connectivity index (χ1v) is 13.1. The first kappa shape index (κ1) is 25.9. The van der Waals surface area contributed by atoms with Crippen LogP contribution >= 0.6 is 10.2 Å². The quantitative estimate of drug-likeness (QED) is 0.302. The average molecular weight is 533 g/mol. The van der Waals surface area contributed by atoms with E-state index in [1.54, 1.807) is 20.0 Å². The van der Waals surface area contributed by atoms with Gasteiger partial charge < -0.3 is 14.6 Å². The van der Waals surface area contributed by atoms with Gasteiger partial charge >= 0.3 is 16.2 Å². The third-order valence-corrected chi connectivity index (χ3v) is 7.32. The van der Waals surface area contributed by atoms with Gasteiger partial charge in [-0.3, -0.25) is 9.59 Å². The Bertz CT molecular complexity index is 1330. The lowest BCUT2D eigenvalue weighted by molar-refractivity contribution is -0.155. The largest absolute Gasteiger partial charge is 0.452 e. The van der Waals surface area contributed by atoms with Gasteiger partial charge in [-0.1, -0.05) is 19.4 Å². The fourth-order valence-electron chi connectivity index (χ4n) is 4.38. The number of hydrogen-bond donors (Lipinski definition) is 1. The Kier molecular flexibility index (Phi) is 5.67. The zero-order valence-corrected chi connectivity index (χ0v) is 20.6. The van der Waals surface area contributed by atoms with Crippen LogP contribution in [-0.4, -0.2) is 44.8 Å². The first-order valence-electron chi connectivity index (χ1n) is 11.1. The van der Waals surface area contributed by atoms with Crippen molar-refractivity contribution in [1.29, 1.82) is 0 Å². The Morgan fingerprint density at radius 2 is 1.67 bits per heavy atom. The maximum Gasteiger partial charge on any atom is 0.310 e. The van der Waals surface area contributed by atoms with E-state index in [0.29, 0.717) is 42.9 Å². The van der Waals surface area contributed by atoms with Crippen molar-refractivity contribution in [1.82, 2.24) is 19.9 Å². The maximum absolute atomic E-state index is 12.9. The van der Waals surface area contributed by atoms with E-state index in [2.05, 4.69) is 15.0 Å². The molecule has 1 aliphatic rings. The second-order valence-corrected chi connectivity index (χ2v) is 11.8. The zero-order valence-electron chi connectivity index (χ0n) is 19.7. The highest BCUT2D eigenvalue weighted by atomic mass is 32.5. The number of amides is 1. The van der Waals surface area contributed by atoms with E-state index >= 15 is 0 Å². The van der Waals surface area contributed by atoms with E-state index in [1.165, 1.54) is 11.8 Å². The number of carbonyl (C=O) groups is 2. The zero-order chi connectivity index (χ0) is 26.6. The number of esters is 1. The van der Waals surface area contributed by atoms with E-state index < -0.39 is 32.6 Å². The number of fused-ring (bicyclic) bond motifs is 1. The number of ether oxygens (including phenoxy) is 1. The van der Waals surface area contributed by atoms with Gasteiger partial charge in [-0.05, 0) is 68.5 Å². The van der Waals surface area contributed by atoms with Crippen LogP contribution in [0.4, 0.5) is 19.4 Å². The number of aromatic nitrogens is 3. The highest BCUT2D eigenvalue weighted by Crippen LogP contribution is 3.02. The molecular formula is C23H25F5N4O3S. The van der Waals surface area contributed by atoms with Gasteiger partial charge in [0.2, 0.25) is 0 Å². The van der Waals surface area contributed by atoms with Gasteiger partial charge in [0.05, 0.1) is 0 Å². The minimum atomic E-state index is -9.79. The molecule has 1 fully saturated rings. The van der Waals surface area contributed by atoms with Crippen molar-refractivity contribution in [3.63, 3.8) is 0 Å². The Balaban J connectivity index is 1.49. The van der Waals surface area contributed by atoms with E-state index in [-0.39, 0.29) is 23.6 Å². The molecule has 1 saturated heterocycles. The average Bonchev–Trinajstić information content (AvgIpc) is 3.22. The van der Waals surface area contributed by atoms with Gasteiger partial charge in [-0.25, -0.2) is 9.97 Å². The van der Waals surface area contributed by atoms with Gasteiger partial charge in [0, 0.05) is 31.8 Å². The molecule has 4 rings (SSSR count). The van der Waals surface area contributed by atoms with Crippen molar-refractivity contribution < 1.29 is 33.8 Å². The molecule has 1 N–H and O–H groups in total. The number of aromatic amines is 1. The van der Waals surface area contributed by atoms with Crippen molar-refractivity contribution in [2.75, 3.05) is 13.1 Å². The Hall–Kier alpha value is -3.22. The summed E-state index contributed by atoms with van der Waals surface area (Å²) in [6.45, 7) is 5.38. The lowest BCUT2D eigenvalue weighted by atomic mass is 9.89. The van der Waals surface area contributed by atoms with Crippen molar-refractivity contribution in [2.45, 2.75) is 50.0 Å². The summed E-state index contributed by atoms with van der Waals surface area (Å²) in [6, 6.07) is 3.91. The molecule has 1 amide bonds. The molecule has 3 heterocycles. The summed E-state index contributed by atoms with van der Waals surface area (Å²) in [7, 11) is -9.79. The van der Waals surface area contributed by atoms with Gasteiger partial charge in [0.15, 0.2) is 17.1 Å². The fraction of sp³-hybridized carbons (Fsp3) is 0.391. The van der Waals surface area contributed by atoms with Crippen LogP contribution in [0.3, 0.4) is 0 Å². The SMILES string of the molecule is CC(=O)OC(C)(C)c1nc2c(C3CCN(C(=O)c4ccc(S(F)(F)(F)(F)F)cc4)CC3)ccnc2[nH]1. The van der Waals surface area contributed by atoms with Crippen molar-refractivity contribution in [2.24, 2.45) is 0 Å². The summed E-state index contributed by atoms with van der Waals surface area (Å²) in [5, 5.41) is 0. The highest BCUT2D eigenvalue weighted by molar-refractivity contribution is 8.45. The molecule has 0 unspecified atom stereocenters. The van der Waals surface area contributed by atoms with E-state index in [4.69, 9.17) is 4.74 Å². The summed E-state index contributed by atoms with van der Waals surface area (Å²) < 4.78 is 70.1. The molecule has 36 heavy (non-hydrogen) atoms. The number of imidazole rings is 1. The molecular weight excluding hydrogens is 507 g/mol. The van der Waals surface area contributed by atoms with Crippen LogP contribution in [0.5, 0.6) is 0 Å². The van der Waals surface area contributed by atoms with Crippen molar-refractivity contribution in [3.05, 3.63) is 53.5 Å². The summed E-state index contributed by atoms with van der Waals surface area (Å²) in [5.41, 5.74) is 0.991. The van der Waals surface area contributed by atoms with Crippen LogP contribution < -0.4 is 0 Å². The molecule has 1 aliphatic heterocycles. The number of benzene rings is 1. The molecule has 1 aromatic carbocycles. The van der Waals surface area contributed by atoms with Crippen molar-refractivity contribution in [3.8, 4) is 0 Å². The predicted molar refractivity (Wildman–Crippen MR) is 124 cm³/mol. The van der Waals surface area contributed by atoms with Crippen LogP contribution in [0.1, 0.15) is 61.3 Å². The number of rotatable bonds is 5. The summed E-state index contributed by atoms with van der Waals surface area (Å²) >= 11 is 0. The van der Waals surface area contributed by atoms with Crippen LogP contribution in [0.2, 0.25) is 0 Å². The summed E-state index contributed by atoms with van der Waals surface area (Å²) in [5.74, 6) is -0.501. The second kappa shape index (κ2) is 7.89. The standard InChI is InChI=1S/C23H25F5N4O3S/c1-14(33)35-23(2,3)22-30-19-18(8-11-29-20(19)31-22)15-9-12-32(13-10-15)21(34)16-4-6-17(7-5-16)36(24,25,26,27)28/h4-8,11,15H,9-10,12-13H2,1-3H3,(H,29,30,31). The molecule has 7 nitrogen and oxygen atoms in total. The van der Waals surface area contributed by atoms with Gasteiger partial charge in [-0.2, -0.15) is 0 Å². The van der Waals surface area contributed by atoms with Gasteiger partial charge in [-0.15, -0.1) is 0 Å². The molecule has 0 spiro atoms. The molecule has 0 bridgehead atoms. The fourth-order valence-corrected chi connectivity index (χ4v) is 5.03. The van der Waals surface area contributed by atoms with Gasteiger partial charge in [0.1, 0.15) is 10.4 Å². The molecule has 13 heteroatoms. The molecule has 0 aliphatic carbocycles. The third-order valence-electron chi connectivity index (χ3n) is 6.15. The van der Waals surface area contributed by atoms with Crippen LogP contribution in [-0.2, 0) is 15.1 Å². The molecule has 196 valence electrons. The minimum absolute atomic E-state index is 0.0306. The number of hydrogen-bond acceptors (Lipinski definition) is 5. The number of carbonyl (C=O) groups excluding carboxylic acids is 2. The van der Waals surface area contributed by atoms with Gasteiger partial charge in [0.25, 0.3) is 5.91 Å². The monoisotopic (exact) mass is 532 g/mol. The van der Waals surface area contributed by atoms with Crippen LogP contribution in [0.15, 0.2) is 41.4 Å². The second-order valence-electron chi connectivity index (χ2n) is 9.35. The highest BCUT2D eigenvalue weighted by Gasteiger charge is 2.65. The predicted octanol–water partition coefficient (Wildman–Crippen LogP) is 6.43. The Morgan fingerprint density at radius 3 is 2.22 bits per heavy atom. The van der Waals surface area contributed by atoms with E-state index in [0.717, 1.165) is 17.7 Å². The number of H-pyrrole nitrogens is 1. The Morgan fingerprint density at radius 1 is 1.06 bits per heavy atom. The molecule has 0 radical (unpaired) electrons. The smallest absolute Gasteiger partial charge is 0.310 e. The number of halogens is 5. The number of nitrogens with zero attached hydrogens (tertiary/aromatic N) is 3. The number of likely N-dealkylation sites (tertiary alicyclic amines) is 1. The molecule has 3 aromatic rings. The number of piperidine rings is 1. The van der Waals surface area contributed by atoms with Crippen LogP contribution in [0, 0.1) is 0 Å². The van der Waals surface area contributed by atoms with Crippen molar-refractivity contribution >= 4 is 33.3 Å². The lowest BCUT2D eigenvalue weighted by Gasteiger charge is -2.40. The topological polar surface area (TPSA) is 88.2 Å².